The molecule has 1 aliphatic heterocycles. The molecule has 18 heavy (non-hydrogen) atoms. The molecule has 2 N–H and O–H groups in total. The van der Waals surface area contributed by atoms with Crippen molar-refractivity contribution in [3.63, 3.8) is 0 Å². The van der Waals surface area contributed by atoms with Crippen LogP contribution >= 0.6 is 0 Å². The first kappa shape index (κ1) is 9.35. The molecular weight excluding hydrogens is 226 g/mol. The summed E-state index contributed by atoms with van der Waals surface area (Å²) in [5, 5.41) is 0. The molecule has 10 unspecified atom stereocenters. The number of hydrogen-bond acceptors (Lipinski definition) is 3. The molecule has 5 aliphatic carbocycles. The molecule has 0 aromatic rings. The van der Waals surface area contributed by atoms with Gasteiger partial charge in [-0.25, -0.2) is 0 Å². The van der Waals surface area contributed by atoms with Crippen molar-refractivity contribution in [3.05, 3.63) is 0 Å². The van der Waals surface area contributed by atoms with Crippen LogP contribution in [0.2, 0.25) is 0 Å². The van der Waals surface area contributed by atoms with Gasteiger partial charge in [0.2, 0.25) is 0 Å². The summed E-state index contributed by atoms with van der Waals surface area (Å²) in [6.07, 6.45) is 3.40. The average molecular weight is 245 g/mol. The zero-order chi connectivity index (χ0) is 11.8. The van der Waals surface area contributed by atoms with Gasteiger partial charge >= 0.3 is 5.97 Å². The van der Waals surface area contributed by atoms with Crippen LogP contribution in [0.25, 0.3) is 0 Å². The number of nitrogens with two attached hydrogens (primary N) is 1. The normalized spacial score (nSPS) is 73.2. The van der Waals surface area contributed by atoms with Crippen molar-refractivity contribution < 1.29 is 9.53 Å². The van der Waals surface area contributed by atoms with Gasteiger partial charge in [-0.05, 0) is 60.2 Å². The Kier molecular flexibility index (Phi) is 1.24. The maximum atomic E-state index is 11.6. The van der Waals surface area contributed by atoms with Gasteiger partial charge in [0.1, 0.15) is 0 Å². The van der Waals surface area contributed by atoms with E-state index < -0.39 is 0 Å². The largest absolute Gasteiger partial charge is 0.465 e. The Balaban J connectivity index is 1.43. The molecule has 3 heteroatoms. The van der Waals surface area contributed by atoms with Gasteiger partial charge in [0.05, 0.1) is 13.0 Å². The minimum Gasteiger partial charge on any atom is -0.465 e. The lowest BCUT2D eigenvalue weighted by atomic mass is 9.50. The van der Waals surface area contributed by atoms with Crippen molar-refractivity contribution in [2.45, 2.75) is 25.3 Å². The van der Waals surface area contributed by atoms with Gasteiger partial charge in [0, 0.05) is 11.5 Å². The van der Waals surface area contributed by atoms with Crippen LogP contribution in [-0.4, -0.2) is 18.6 Å². The molecule has 1 spiro atoms. The molecule has 0 radical (unpaired) electrons. The van der Waals surface area contributed by atoms with E-state index in [1.165, 1.54) is 12.8 Å². The highest BCUT2D eigenvalue weighted by Gasteiger charge is 2.88. The van der Waals surface area contributed by atoms with Crippen LogP contribution < -0.4 is 5.73 Å². The first-order chi connectivity index (χ1) is 8.72. The fraction of sp³-hybridized carbons (Fsp3) is 0.933. The zero-order valence-corrected chi connectivity index (χ0v) is 10.4. The van der Waals surface area contributed by atoms with Crippen LogP contribution in [-0.2, 0) is 9.53 Å². The fourth-order valence-corrected chi connectivity index (χ4v) is 7.80. The van der Waals surface area contributed by atoms with Crippen LogP contribution in [0.1, 0.15) is 19.3 Å². The lowest BCUT2D eigenvalue weighted by molar-refractivity contribution is -0.137. The predicted molar refractivity (Wildman–Crippen MR) is 63.1 cm³/mol. The smallest absolute Gasteiger partial charge is 0.306 e. The quantitative estimate of drug-likeness (QED) is 0.648. The Morgan fingerprint density at radius 3 is 2.72 bits per heavy atom. The van der Waals surface area contributed by atoms with Crippen LogP contribution in [0.5, 0.6) is 0 Å². The van der Waals surface area contributed by atoms with Crippen molar-refractivity contribution in [2.75, 3.05) is 6.61 Å². The Morgan fingerprint density at radius 1 is 1.11 bits per heavy atom. The van der Waals surface area contributed by atoms with Gasteiger partial charge < -0.3 is 10.5 Å². The number of cyclic esters (lactones) is 1. The molecule has 2 bridgehead atoms. The summed E-state index contributed by atoms with van der Waals surface area (Å²) >= 11 is 0. The second-order valence-corrected chi connectivity index (χ2v) is 7.99. The summed E-state index contributed by atoms with van der Waals surface area (Å²) in [5.74, 6) is 7.26. The van der Waals surface area contributed by atoms with Crippen molar-refractivity contribution in [1.82, 2.24) is 0 Å². The minimum absolute atomic E-state index is 0.0717. The average Bonchev–Trinajstić information content (AvgIpc) is 2.77. The fourth-order valence-electron chi connectivity index (χ4n) is 7.80. The molecule has 1 heterocycles. The highest BCUT2D eigenvalue weighted by Crippen LogP contribution is 2.90. The molecule has 6 fully saturated rings. The molecule has 10 atom stereocenters. The van der Waals surface area contributed by atoms with Crippen LogP contribution in [0.3, 0.4) is 0 Å². The van der Waals surface area contributed by atoms with Gasteiger partial charge in [-0.15, -0.1) is 0 Å². The number of rotatable bonds is 0. The summed E-state index contributed by atoms with van der Waals surface area (Å²) in [4.78, 5) is 11.6. The van der Waals surface area contributed by atoms with E-state index in [4.69, 9.17) is 10.5 Å². The number of carbonyl (C=O) groups excluding carboxylic acids is 1. The van der Waals surface area contributed by atoms with Gasteiger partial charge in [0.15, 0.2) is 0 Å². The molecule has 1 saturated heterocycles. The molecule has 3 nitrogen and oxygen atoms in total. The number of hydrogen-bond donors (Lipinski definition) is 1. The molecule has 5 saturated carbocycles. The maximum Gasteiger partial charge on any atom is 0.306 e. The summed E-state index contributed by atoms with van der Waals surface area (Å²) in [6.45, 7) is 0.751. The van der Waals surface area contributed by atoms with Crippen molar-refractivity contribution >= 4 is 5.97 Å². The number of carbonyl (C=O) groups is 1. The van der Waals surface area contributed by atoms with Crippen LogP contribution in [0, 0.1) is 52.8 Å². The Bertz CT molecular complexity index is 491. The Hall–Kier alpha value is -0.570. The molecule has 6 rings (SSSR count). The minimum atomic E-state index is 0.0717. The Morgan fingerprint density at radius 2 is 1.94 bits per heavy atom. The summed E-state index contributed by atoms with van der Waals surface area (Å²) in [6, 6.07) is 0.493. The van der Waals surface area contributed by atoms with E-state index in [-0.39, 0.29) is 5.97 Å². The molecule has 6 aliphatic rings. The summed E-state index contributed by atoms with van der Waals surface area (Å²) in [7, 11) is 0. The lowest BCUT2D eigenvalue weighted by Crippen LogP contribution is -2.53. The van der Waals surface area contributed by atoms with Crippen molar-refractivity contribution in [1.29, 1.82) is 0 Å². The van der Waals surface area contributed by atoms with Crippen LogP contribution in [0.4, 0.5) is 0 Å². The third-order valence-electron chi connectivity index (χ3n) is 7.89. The number of fused-ring (bicyclic) bond motifs is 10. The van der Waals surface area contributed by atoms with Gasteiger partial charge in [0.25, 0.3) is 0 Å². The van der Waals surface area contributed by atoms with E-state index in [0.717, 1.165) is 60.4 Å². The first-order valence-electron chi connectivity index (χ1n) is 7.63. The van der Waals surface area contributed by atoms with Crippen LogP contribution in [0.15, 0.2) is 0 Å². The van der Waals surface area contributed by atoms with E-state index in [0.29, 0.717) is 11.5 Å². The summed E-state index contributed by atoms with van der Waals surface area (Å²) < 4.78 is 5.35. The number of esters is 1. The second kappa shape index (κ2) is 2.39. The highest BCUT2D eigenvalue weighted by molar-refractivity contribution is 5.73. The second-order valence-electron chi connectivity index (χ2n) is 7.99. The van der Waals surface area contributed by atoms with Gasteiger partial charge in [-0.1, -0.05) is 0 Å². The van der Waals surface area contributed by atoms with Crippen molar-refractivity contribution in [2.24, 2.45) is 58.5 Å². The third kappa shape index (κ3) is 0.686. The predicted octanol–water partition coefficient (Wildman–Crippen LogP) is 1.02. The van der Waals surface area contributed by atoms with E-state index >= 15 is 0 Å². The zero-order valence-electron chi connectivity index (χ0n) is 10.4. The van der Waals surface area contributed by atoms with Crippen molar-refractivity contribution in [3.8, 4) is 0 Å². The topological polar surface area (TPSA) is 52.3 Å². The highest BCUT2D eigenvalue weighted by atomic mass is 16.5. The van der Waals surface area contributed by atoms with E-state index in [1.807, 2.05) is 0 Å². The monoisotopic (exact) mass is 245 g/mol. The van der Waals surface area contributed by atoms with E-state index in [2.05, 4.69) is 0 Å². The first-order valence-corrected chi connectivity index (χ1v) is 7.63. The molecule has 0 amide bonds. The van der Waals surface area contributed by atoms with Gasteiger partial charge in [-0.3, -0.25) is 4.79 Å². The van der Waals surface area contributed by atoms with Gasteiger partial charge in [-0.2, -0.15) is 0 Å². The Labute approximate surface area is 106 Å². The molecule has 0 aromatic heterocycles. The lowest BCUT2D eigenvalue weighted by Gasteiger charge is -2.52. The summed E-state index contributed by atoms with van der Waals surface area (Å²) in [5.41, 5.74) is 6.61. The SMILES string of the molecule is NC1CC2CC1C1C2C2C3C1C3C21COC(=O)C1. The van der Waals surface area contributed by atoms with E-state index in [9.17, 15) is 4.79 Å². The molecule has 96 valence electrons. The standard InChI is InChI=1S/C15H19NO2/c16-7-2-5-1-6(7)10-9(5)13-12-11(10)14(12)15(13)3-8(17)18-4-15/h5-7,9-14H,1-4,16H2. The van der Waals surface area contributed by atoms with E-state index in [1.54, 1.807) is 0 Å². The number of ether oxygens (including phenoxy) is 1. The molecule has 0 aromatic carbocycles. The maximum absolute atomic E-state index is 11.6. The third-order valence-corrected chi connectivity index (χ3v) is 7.89. The molecular formula is C15H19NO2.